The normalized spacial score (nSPS) is 17.3. The lowest BCUT2D eigenvalue weighted by Gasteiger charge is -2.28. The number of halogens is 6. The maximum absolute atomic E-state index is 14.4. The highest BCUT2D eigenvalue weighted by molar-refractivity contribution is 6.34. The number of nitrogen functional groups attached to an aromatic ring is 1. The van der Waals surface area contributed by atoms with Gasteiger partial charge in [0.15, 0.2) is 11.5 Å². The maximum Gasteiger partial charge on any atom is 0.433 e. The average Bonchev–Trinajstić information content (AvgIpc) is 3.33. The summed E-state index contributed by atoms with van der Waals surface area (Å²) in [5, 5.41) is 12.9. The number of rotatable bonds is 8. The lowest BCUT2D eigenvalue weighted by Crippen LogP contribution is -2.37. The zero-order valence-corrected chi connectivity index (χ0v) is 21.9. The van der Waals surface area contributed by atoms with Gasteiger partial charge in [0.2, 0.25) is 0 Å². The van der Waals surface area contributed by atoms with Crippen LogP contribution in [0.25, 0.3) is 0 Å². The molecule has 2 heterocycles. The molecule has 2 aromatic heterocycles. The Bertz CT molecular complexity index is 1450. The fourth-order valence-corrected chi connectivity index (χ4v) is 5.18. The minimum Gasteiger partial charge on any atom is -0.481 e. The Labute approximate surface area is 234 Å². The van der Waals surface area contributed by atoms with Gasteiger partial charge in [-0.1, -0.05) is 11.6 Å². The van der Waals surface area contributed by atoms with Crippen LogP contribution in [0, 0.1) is 17.6 Å². The summed E-state index contributed by atoms with van der Waals surface area (Å²) in [6.45, 7) is -1.51. The van der Waals surface area contributed by atoms with Gasteiger partial charge in [-0.25, -0.2) is 13.8 Å². The van der Waals surface area contributed by atoms with Crippen molar-refractivity contribution >= 4 is 35.1 Å². The first-order chi connectivity index (χ1) is 19.3. The van der Waals surface area contributed by atoms with Gasteiger partial charge < -0.3 is 15.7 Å². The third-order valence-electron chi connectivity index (χ3n) is 6.81. The molecule has 3 N–H and O–H groups in total. The first kappa shape index (κ1) is 29.9. The molecule has 1 amide bonds. The molecule has 1 aliphatic carbocycles. The summed E-state index contributed by atoms with van der Waals surface area (Å²) >= 11 is 6.07. The van der Waals surface area contributed by atoms with Gasteiger partial charge in [-0.05, 0) is 49.4 Å². The van der Waals surface area contributed by atoms with Crippen LogP contribution in [0.3, 0.4) is 0 Å². The molecule has 0 radical (unpaired) electrons. The van der Waals surface area contributed by atoms with Crippen molar-refractivity contribution in [1.82, 2.24) is 19.7 Å². The number of ketones is 1. The van der Waals surface area contributed by atoms with Crippen molar-refractivity contribution in [2.24, 2.45) is 5.92 Å². The molecule has 1 fully saturated rings. The number of benzene rings is 1. The summed E-state index contributed by atoms with van der Waals surface area (Å²) in [7, 11) is 0. The van der Waals surface area contributed by atoms with Gasteiger partial charge in [0, 0.05) is 18.8 Å². The van der Waals surface area contributed by atoms with Crippen molar-refractivity contribution < 1.29 is 41.4 Å². The van der Waals surface area contributed by atoms with E-state index in [9.17, 15) is 41.4 Å². The molecular formula is C26H23ClF5N5O4. The number of alkyl halides is 3. The first-order valence-corrected chi connectivity index (χ1v) is 12.7. The number of carbonyl (C=O) groups is 3. The highest BCUT2D eigenvalue weighted by atomic mass is 35.5. The maximum atomic E-state index is 14.4. The molecule has 1 saturated carbocycles. The van der Waals surface area contributed by atoms with Crippen LogP contribution in [0.15, 0.2) is 36.7 Å². The third-order valence-corrected chi connectivity index (χ3v) is 7.13. The van der Waals surface area contributed by atoms with E-state index in [0.717, 1.165) is 12.1 Å². The minimum atomic E-state index is -5.07. The van der Waals surface area contributed by atoms with Gasteiger partial charge in [0.1, 0.15) is 17.5 Å². The zero-order chi connectivity index (χ0) is 30.1. The second-order valence-electron chi connectivity index (χ2n) is 9.61. The van der Waals surface area contributed by atoms with Crippen LogP contribution in [0.1, 0.15) is 63.7 Å². The van der Waals surface area contributed by atoms with E-state index in [0.29, 0.717) is 21.8 Å². The molecule has 0 atom stereocenters. The third kappa shape index (κ3) is 6.64. The van der Waals surface area contributed by atoms with E-state index in [4.69, 9.17) is 17.3 Å². The smallest absolute Gasteiger partial charge is 0.433 e. The van der Waals surface area contributed by atoms with E-state index >= 15 is 0 Å². The number of Topliss-reactive ketones (excluding diaryl/α,β-unsaturated/α-hetero) is 1. The monoisotopic (exact) mass is 599 g/mol. The van der Waals surface area contributed by atoms with E-state index < -0.39 is 71.8 Å². The van der Waals surface area contributed by atoms with Gasteiger partial charge in [0.05, 0.1) is 40.9 Å². The molecule has 0 aliphatic heterocycles. The van der Waals surface area contributed by atoms with E-state index in [-0.39, 0.29) is 47.7 Å². The van der Waals surface area contributed by atoms with Gasteiger partial charge in [-0.15, -0.1) is 0 Å². The van der Waals surface area contributed by atoms with Crippen molar-refractivity contribution in [2.75, 3.05) is 12.3 Å². The van der Waals surface area contributed by atoms with Gasteiger partial charge >= 0.3 is 12.1 Å². The molecule has 0 unspecified atom stereocenters. The number of aromatic nitrogens is 3. The van der Waals surface area contributed by atoms with E-state index in [2.05, 4.69) is 10.1 Å². The Morgan fingerprint density at radius 2 is 1.73 bits per heavy atom. The van der Waals surface area contributed by atoms with E-state index in [1.165, 1.54) is 12.3 Å². The van der Waals surface area contributed by atoms with Crippen molar-refractivity contribution in [3.05, 3.63) is 75.7 Å². The molecule has 4 rings (SSSR count). The van der Waals surface area contributed by atoms with Gasteiger partial charge in [0.25, 0.3) is 5.91 Å². The number of aliphatic carboxylic acids is 1. The summed E-state index contributed by atoms with van der Waals surface area (Å²) in [4.78, 5) is 42.5. The Balaban J connectivity index is 1.73. The average molecular weight is 600 g/mol. The summed E-state index contributed by atoms with van der Waals surface area (Å²) in [5.74, 6) is -6.19. The van der Waals surface area contributed by atoms with Crippen molar-refractivity contribution in [3.63, 3.8) is 0 Å². The van der Waals surface area contributed by atoms with Gasteiger partial charge in [-0.2, -0.15) is 18.3 Å². The van der Waals surface area contributed by atoms with Crippen LogP contribution in [-0.4, -0.2) is 49.0 Å². The summed E-state index contributed by atoms with van der Waals surface area (Å²) in [6.07, 6.45) is -2.72. The quantitative estimate of drug-likeness (QED) is 0.270. The molecule has 41 heavy (non-hydrogen) atoms. The molecule has 1 aliphatic rings. The molecule has 0 bridgehead atoms. The Morgan fingerprint density at radius 3 is 2.29 bits per heavy atom. The van der Waals surface area contributed by atoms with Crippen LogP contribution in [0.2, 0.25) is 5.02 Å². The van der Waals surface area contributed by atoms with Gasteiger partial charge in [-0.3, -0.25) is 19.1 Å². The SMILES string of the molecule is Nc1nccc(Cl)c1C(=O)CN(Cc1cc(F)cc(F)c1)C(=O)c1cnn([C@H]2CC[C@H](C(=O)O)CC2)c1C(F)(F)F. The van der Waals surface area contributed by atoms with Crippen LogP contribution in [0.5, 0.6) is 0 Å². The highest BCUT2D eigenvalue weighted by Gasteiger charge is 2.43. The zero-order valence-electron chi connectivity index (χ0n) is 21.2. The summed E-state index contributed by atoms with van der Waals surface area (Å²) in [6, 6.07) is 2.74. The molecular weight excluding hydrogens is 577 g/mol. The molecule has 0 spiro atoms. The second kappa shape index (κ2) is 11.8. The number of amides is 1. The number of hydrogen-bond acceptors (Lipinski definition) is 6. The second-order valence-corrected chi connectivity index (χ2v) is 10.0. The lowest BCUT2D eigenvalue weighted by molar-refractivity contribution is -0.147. The minimum absolute atomic E-state index is 0.0823. The Hall–Kier alpha value is -4.07. The molecule has 3 aromatic rings. The number of carboxylic acids is 1. The fraction of sp³-hybridized carbons (Fsp3) is 0.346. The molecule has 15 heteroatoms. The lowest BCUT2D eigenvalue weighted by atomic mass is 9.86. The van der Waals surface area contributed by atoms with Crippen LogP contribution < -0.4 is 5.73 Å². The van der Waals surface area contributed by atoms with Crippen molar-refractivity contribution in [3.8, 4) is 0 Å². The molecule has 1 aromatic carbocycles. The van der Waals surface area contributed by atoms with E-state index in [1.807, 2.05) is 0 Å². The topological polar surface area (TPSA) is 131 Å². The number of hydrogen-bond donors (Lipinski definition) is 2. The number of nitrogens with two attached hydrogens (primary N) is 1. The predicted octanol–water partition coefficient (Wildman–Crippen LogP) is 5.15. The standard InChI is InChI=1S/C26H23ClF5N5O4/c27-19-5-6-34-23(33)21(19)20(38)12-36(11-13-7-15(28)9-16(29)8-13)24(39)18-10-35-37(22(18)26(30,31)32)17-3-1-14(2-4-17)25(40)41/h5-10,14,17H,1-4,11-12H2,(H2,33,34)(H,40,41)/t14-,17-. The predicted molar refractivity (Wildman–Crippen MR) is 135 cm³/mol. The number of carboxylic acid groups (broad SMARTS) is 1. The number of pyridine rings is 1. The fourth-order valence-electron chi connectivity index (χ4n) is 4.92. The van der Waals surface area contributed by atoms with E-state index in [1.54, 1.807) is 0 Å². The van der Waals surface area contributed by atoms with Crippen LogP contribution in [-0.2, 0) is 17.5 Å². The first-order valence-electron chi connectivity index (χ1n) is 12.3. The highest BCUT2D eigenvalue weighted by Crippen LogP contribution is 2.39. The Kier molecular flexibility index (Phi) is 8.61. The molecule has 9 nitrogen and oxygen atoms in total. The summed E-state index contributed by atoms with van der Waals surface area (Å²) < 4.78 is 71.5. The van der Waals surface area contributed by atoms with Crippen molar-refractivity contribution in [2.45, 2.75) is 44.4 Å². The van der Waals surface area contributed by atoms with Crippen LogP contribution in [0.4, 0.5) is 27.8 Å². The number of anilines is 1. The van der Waals surface area contributed by atoms with Crippen molar-refractivity contribution in [1.29, 1.82) is 0 Å². The van der Waals surface area contributed by atoms with Crippen LogP contribution >= 0.6 is 11.6 Å². The molecule has 218 valence electrons. The number of nitrogens with zero attached hydrogens (tertiary/aromatic N) is 4. The largest absolute Gasteiger partial charge is 0.481 e. The summed E-state index contributed by atoms with van der Waals surface area (Å²) in [5.41, 5.74) is 3.06. The molecule has 0 saturated heterocycles. The Morgan fingerprint density at radius 1 is 1.10 bits per heavy atom. The number of carbonyl (C=O) groups excluding carboxylic acids is 2.